The van der Waals surface area contributed by atoms with E-state index < -0.39 is 5.54 Å². The molecular weight excluding hydrogens is 154 g/mol. The molecule has 3 heteroatoms. The molecule has 0 amide bonds. The molecule has 0 aromatic carbocycles. The van der Waals surface area contributed by atoms with Crippen LogP contribution in [-0.2, 0) is 9.53 Å². The lowest BCUT2D eigenvalue weighted by atomic mass is 9.77. The van der Waals surface area contributed by atoms with Gasteiger partial charge in [0.1, 0.15) is 5.54 Å². The number of methoxy groups -OCH3 is 1. The summed E-state index contributed by atoms with van der Waals surface area (Å²) in [6.07, 6.45) is 3.74. The van der Waals surface area contributed by atoms with E-state index in [2.05, 4.69) is 11.7 Å². The second-order valence-corrected chi connectivity index (χ2v) is 3.85. The van der Waals surface area contributed by atoms with Gasteiger partial charge in [-0.25, -0.2) is 0 Å². The molecule has 0 spiro atoms. The third kappa shape index (κ3) is 1.78. The lowest BCUT2D eigenvalue weighted by molar-refractivity contribution is -0.149. The topological polar surface area (TPSA) is 52.3 Å². The monoisotopic (exact) mass is 171 g/mol. The average Bonchev–Trinajstić information content (AvgIpc) is 2.02. The Morgan fingerprint density at radius 1 is 1.67 bits per heavy atom. The lowest BCUT2D eigenvalue weighted by Gasteiger charge is -2.33. The summed E-state index contributed by atoms with van der Waals surface area (Å²) in [6.45, 7) is 2.13. The number of hydrogen-bond donors (Lipinski definition) is 1. The van der Waals surface area contributed by atoms with Crippen LogP contribution >= 0.6 is 0 Å². The summed E-state index contributed by atoms with van der Waals surface area (Å²) in [7, 11) is 1.40. The number of carbonyl (C=O) groups is 1. The minimum atomic E-state index is -0.702. The van der Waals surface area contributed by atoms with E-state index in [0.717, 1.165) is 19.3 Å². The molecule has 0 radical (unpaired) electrons. The summed E-state index contributed by atoms with van der Waals surface area (Å²) in [6, 6.07) is 0. The van der Waals surface area contributed by atoms with Crippen molar-refractivity contribution in [3.05, 3.63) is 0 Å². The van der Waals surface area contributed by atoms with Gasteiger partial charge >= 0.3 is 5.97 Å². The Bertz CT molecular complexity index is 181. The SMILES string of the molecule is COC(=O)[C@@]1(N)CCC[C@H](C)C1. The summed E-state index contributed by atoms with van der Waals surface area (Å²) in [5, 5.41) is 0. The molecule has 0 heterocycles. The molecule has 0 aliphatic heterocycles. The van der Waals surface area contributed by atoms with Gasteiger partial charge in [-0.1, -0.05) is 19.8 Å². The Kier molecular flexibility index (Phi) is 2.73. The van der Waals surface area contributed by atoms with Crippen LogP contribution in [0.25, 0.3) is 0 Å². The number of nitrogens with two attached hydrogens (primary N) is 1. The molecule has 3 nitrogen and oxygen atoms in total. The van der Waals surface area contributed by atoms with Crippen LogP contribution in [0.2, 0.25) is 0 Å². The normalized spacial score (nSPS) is 36.1. The Labute approximate surface area is 73.3 Å². The van der Waals surface area contributed by atoms with Crippen molar-refractivity contribution in [3.8, 4) is 0 Å². The van der Waals surface area contributed by atoms with Crippen LogP contribution in [-0.4, -0.2) is 18.6 Å². The fraction of sp³-hybridized carbons (Fsp3) is 0.889. The van der Waals surface area contributed by atoms with Gasteiger partial charge < -0.3 is 10.5 Å². The minimum Gasteiger partial charge on any atom is -0.468 e. The Morgan fingerprint density at radius 3 is 2.83 bits per heavy atom. The predicted octanol–water partition coefficient (Wildman–Crippen LogP) is 1.07. The maximum atomic E-state index is 11.3. The molecule has 1 aliphatic rings. The van der Waals surface area contributed by atoms with Crippen LogP contribution in [0.1, 0.15) is 32.6 Å². The largest absolute Gasteiger partial charge is 0.468 e. The van der Waals surface area contributed by atoms with Crippen LogP contribution in [0.15, 0.2) is 0 Å². The van der Waals surface area contributed by atoms with Crippen LogP contribution in [0.4, 0.5) is 0 Å². The molecule has 0 bridgehead atoms. The molecule has 0 unspecified atom stereocenters. The second-order valence-electron chi connectivity index (χ2n) is 3.85. The minimum absolute atomic E-state index is 0.256. The first-order valence-electron chi connectivity index (χ1n) is 4.46. The van der Waals surface area contributed by atoms with Crippen molar-refractivity contribution in [2.24, 2.45) is 11.7 Å². The molecule has 0 aromatic heterocycles. The van der Waals surface area contributed by atoms with E-state index in [0.29, 0.717) is 5.92 Å². The molecule has 2 atom stereocenters. The molecule has 70 valence electrons. The van der Waals surface area contributed by atoms with Gasteiger partial charge in [0.15, 0.2) is 0 Å². The van der Waals surface area contributed by atoms with E-state index in [-0.39, 0.29) is 5.97 Å². The van der Waals surface area contributed by atoms with Crippen LogP contribution < -0.4 is 5.73 Å². The highest BCUT2D eigenvalue weighted by Crippen LogP contribution is 2.30. The molecule has 2 N–H and O–H groups in total. The Morgan fingerprint density at radius 2 is 2.33 bits per heavy atom. The number of rotatable bonds is 1. The lowest BCUT2D eigenvalue weighted by Crippen LogP contribution is -2.51. The first-order chi connectivity index (χ1) is 5.58. The first kappa shape index (κ1) is 9.52. The number of hydrogen-bond acceptors (Lipinski definition) is 3. The van der Waals surface area contributed by atoms with Crippen molar-refractivity contribution in [2.45, 2.75) is 38.1 Å². The van der Waals surface area contributed by atoms with Crippen molar-refractivity contribution in [2.75, 3.05) is 7.11 Å². The van der Waals surface area contributed by atoms with Crippen LogP contribution in [0.5, 0.6) is 0 Å². The van der Waals surface area contributed by atoms with Crippen molar-refractivity contribution in [1.29, 1.82) is 0 Å². The van der Waals surface area contributed by atoms with Crippen molar-refractivity contribution >= 4 is 5.97 Å². The molecular formula is C9H17NO2. The molecule has 1 saturated carbocycles. The summed E-state index contributed by atoms with van der Waals surface area (Å²) < 4.78 is 4.68. The Balaban J connectivity index is 2.63. The zero-order valence-electron chi connectivity index (χ0n) is 7.80. The summed E-state index contributed by atoms with van der Waals surface area (Å²) in [4.78, 5) is 11.3. The van der Waals surface area contributed by atoms with E-state index in [9.17, 15) is 4.79 Å². The molecule has 1 aliphatic carbocycles. The maximum Gasteiger partial charge on any atom is 0.325 e. The zero-order chi connectivity index (χ0) is 9.19. The van der Waals surface area contributed by atoms with E-state index in [4.69, 9.17) is 5.73 Å². The van der Waals surface area contributed by atoms with Gasteiger partial charge in [0.05, 0.1) is 7.11 Å². The molecule has 1 fully saturated rings. The van der Waals surface area contributed by atoms with Crippen LogP contribution in [0, 0.1) is 5.92 Å². The van der Waals surface area contributed by atoms with Crippen molar-refractivity contribution in [3.63, 3.8) is 0 Å². The fourth-order valence-electron chi connectivity index (χ4n) is 1.98. The second kappa shape index (κ2) is 3.44. The molecule has 0 aromatic rings. The third-order valence-electron chi connectivity index (χ3n) is 2.62. The maximum absolute atomic E-state index is 11.3. The standard InChI is InChI=1S/C9H17NO2/c1-7-4-3-5-9(10,6-7)8(11)12-2/h7H,3-6,10H2,1-2H3/t7-,9+/m0/s1. The number of esters is 1. The highest BCUT2D eigenvalue weighted by atomic mass is 16.5. The smallest absolute Gasteiger partial charge is 0.325 e. The predicted molar refractivity (Wildman–Crippen MR) is 46.6 cm³/mol. The van der Waals surface area contributed by atoms with Gasteiger partial charge in [0, 0.05) is 0 Å². The number of ether oxygens (including phenoxy) is 1. The fourth-order valence-corrected chi connectivity index (χ4v) is 1.98. The summed E-state index contributed by atoms with van der Waals surface area (Å²) in [5.41, 5.74) is 5.23. The molecule has 1 rings (SSSR count). The summed E-state index contributed by atoms with van der Waals surface area (Å²) >= 11 is 0. The van der Waals surface area contributed by atoms with E-state index >= 15 is 0 Å². The van der Waals surface area contributed by atoms with Crippen molar-refractivity contribution < 1.29 is 9.53 Å². The molecule has 0 saturated heterocycles. The average molecular weight is 171 g/mol. The number of carbonyl (C=O) groups excluding carboxylic acids is 1. The first-order valence-corrected chi connectivity index (χ1v) is 4.46. The van der Waals surface area contributed by atoms with E-state index in [1.165, 1.54) is 13.5 Å². The third-order valence-corrected chi connectivity index (χ3v) is 2.62. The zero-order valence-corrected chi connectivity index (χ0v) is 7.80. The van der Waals surface area contributed by atoms with Gasteiger partial charge in [0.2, 0.25) is 0 Å². The highest BCUT2D eigenvalue weighted by Gasteiger charge is 2.38. The highest BCUT2D eigenvalue weighted by molar-refractivity contribution is 5.80. The van der Waals surface area contributed by atoms with Gasteiger partial charge in [-0.15, -0.1) is 0 Å². The van der Waals surface area contributed by atoms with Crippen LogP contribution in [0.3, 0.4) is 0 Å². The quantitative estimate of drug-likeness (QED) is 0.600. The van der Waals surface area contributed by atoms with Gasteiger partial charge in [-0.3, -0.25) is 4.79 Å². The van der Waals surface area contributed by atoms with Gasteiger partial charge in [-0.05, 0) is 18.8 Å². The van der Waals surface area contributed by atoms with E-state index in [1.54, 1.807) is 0 Å². The summed E-state index contributed by atoms with van der Waals surface area (Å²) in [5.74, 6) is 0.289. The Hall–Kier alpha value is -0.570. The van der Waals surface area contributed by atoms with E-state index in [1.807, 2.05) is 0 Å². The molecule has 12 heavy (non-hydrogen) atoms. The van der Waals surface area contributed by atoms with Gasteiger partial charge in [0.25, 0.3) is 0 Å². The van der Waals surface area contributed by atoms with Crippen molar-refractivity contribution in [1.82, 2.24) is 0 Å². The van der Waals surface area contributed by atoms with Gasteiger partial charge in [-0.2, -0.15) is 0 Å².